The minimum absolute atomic E-state index is 0.0344. The summed E-state index contributed by atoms with van der Waals surface area (Å²) in [7, 11) is 3.24. The van der Waals surface area contributed by atoms with Crippen molar-refractivity contribution in [2.75, 3.05) is 30.9 Å². The van der Waals surface area contributed by atoms with Gasteiger partial charge in [-0.15, -0.1) is 5.10 Å². The summed E-state index contributed by atoms with van der Waals surface area (Å²) < 4.78 is 54.5. The summed E-state index contributed by atoms with van der Waals surface area (Å²) in [6.07, 6.45) is -2.63. The Morgan fingerprint density at radius 1 is 1.19 bits per heavy atom. The van der Waals surface area contributed by atoms with Gasteiger partial charge in [0, 0.05) is 51.4 Å². The summed E-state index contributed by atoms with van der Waals surface area (Å²) in [5.41, 5.74) is -0.0703. The molecule has 0 fully saturated rings. The van der Waals surface area contributed by atoms with E-state index in [1.54, 1.807) is 19.0 Å². The van der Waals surface area contributed by atoms with E-state index in [4.69, 9.17) is 0 Å². The molecule has 2 aromatic heterocycles. The lowest BCUT2D eigenvalue weighted by molar-refractivity contribution is -0.140. The van der Waals surface area contributed by atoms with Crippen LogP contribution in [-0.2, 0) is 28.7 Å². The Bertz CT molecular complexity index is 1320. The SMILES string of the molecule is CC(=O)N1CCc2cc(-c3nc(Nc4ccc(F)c(C(F)(F)F)c4)nn3CCC(=O)N(C)C)cnc21. The van der Waals surface area contributed by atoms with Gasteiger partial charge in [0.2, 0.25) is 17.8 Å². The van der Waals surface area contributed by atoms with Gasteiger partial charge < -0.3 is 10.2 Å². The number of pyridine rings is 1. The van der Waals surface area contributed by atoms with Crippen LogP contribution in [0.1, 0.15) is 24.5 Å². The zero-order valence-corrected chi connectivity index (χ0v) is 19.7. The van der Waals surface area contributed by atoms with Crippen LogP contribution in [-0.4, -0.2) is 57.1 Å². The molecule has 0 saturated heterocycles. The molecular formula is C23H23F4N7O2. The highest BCUT2D eigenvalue weighted by molar-refractivity contribution is 5.92. The number of amides is 2. The molecule has 1 aliphatic rings. The molecule has 1 N–H and O–H groups in total. The average molecular weight is 505 g/mol. The zero-order chi connectivity index (χ0) is 26.2. The minimum Gasteiger partial charge on any atom is -0.349 e. The van der Waals surface area contributed by atoms with E-state index < -0.39 is 17.6 Å². The third-order valence-electron chi connectivity index (χ3n) is 5.68. The molecular weight excluding hydrogens is 482 g/mol. The Balaban J connectivity index is 1.68. The van der Waals surface area contributed by atoms with Crippen molar-refractivity contribution in [3.8, 4) is 11.4 Å². The topological polar surface area (TPSA) is 96.2 Å². The van der Waals surface area contributed by atoms with Gasteiger partial charge in [0.05, 0.1) is 12.1 Å². The Morgan fingerprint density at radius 3 is 2.61 bits per heavy atom. The molecule has 0 saturated carbocycles. The molecule has 0 radical (unpaired) electrons. The number of rotatable bonds is 6. The molecule has 36 heavy (non-hydrogen) atoms. The van der Waals surface area contributed by atoms with Crippen molar-refractivity contribution in [3.63, 3.8) is 0 Å². The number of aromatic nitrogens is 4. The van der Waals surface area contributed by atoms with E-state index in [1.165, 1.54) is 22.7 Å². The maximum atomic E-state index is 13.7. The predicted octanol–water partition coefficient (Wildman–Crippen LogP) is 3.63. The molecule has 4 rings (SSSR count). The predicted molar refractivity (Wildman–Crippen MR) is 123 cm³/mol. The molecule has 0 atom stereocenters. The van der Waals surface area contributed by atoms with E-state index in [1.807, 2.05) is 6.07 Å². The summed E-state index contributed by atoms with van der Waals surface area (Å²) in [6, 6.07) is 4.32. The third-order valence-corrected chi connectivity index (χ3v) is 5.68. The van der Waals surface area contributed by atoms with Gasteiger partial charge in [0.1, 0.15) is 11.6 Å². The summed E-state index contributed by atoms with van der Waals surface area (Å²) in [6.45, 7) is 2.11. The fourth-order valence-corrected chi connectivity index (χ4v) is 3.84. The Morgan fingerprint density at radius 2 is 1.94 bits per heavy atom. The monoisotopic (exact) mass is 505 g/mol. The smallest absolute Gasteiger partial charge is 0.349 e. The molecule has 1 aliphatic heterocycles. The van der Waals surface area contributed by atoms with Gasteiger partial charge in [-0.25, -0.2) is 14.1 Å². The van der Waals surface area contributed by atoms with Crippen LogP contribution >= 0.6 is 0 Å². The number of carbonyl (C=O) groups is 2. The van der Waals surface area contributed by atoms with Crippen molar-refractivity contribution in [2.24, 2.45) is 0 Å². The Kier molecular flexibility index (Phi) is 6.65. The van der Waals surface area contributed by atoms with Crippen LogP contribution in [0.15, 0.2) is 30.5 Å². The number of hydrogen-bond acceptors (Lipinski definition) is 6. The maximum Gasteiger partial charge on any atom is 0.419 e. The van der Waals surface area contributed by atoms with Crippen LogP contribution in [0.5, 0.6) is 0 Å². The molecule has 3 aromatic rings. The second kappa shape index (κ2) is 9.55. The molecule has 13 heteroatoms. The first-order valence-electron chi connectivity index (χ1n) is 11.0. The lowest BCUT2D eigenvalue weighted by atomic mass is 10.1. The van der Waals surface area contributed by atoms with Crippen molar-refractivity contribution >= 4 is 29.3 Å². The lowest BCUT2D eigenvalue weighted by Gasteiger charge is -2.13. The first kappa shape index (κ1) is 25.1. The molecule has 0 bridgehead atoms. The fourth-order valence-electron chi connectivity index (χ4n) is 3.84. The summed E-state index contributed by atoms with van der Waals surface area (Å²) in [4.78, 5) is 35.8. The van der Waals surface area contributed by atoms with Gasteiger partial charge >= 0.3 is 6.18 Å². The van der Waals surface area contributed by atoms with Gasteiger partial charge in [0.15, 0.2) is 5.82 Å². The molecule has 0 aliphatic carbocycles. The van der Waals surface area contributed by atoms with E-state index in [9.17, 15) is 27.2 Å². The van der Waals surface area contributed by atoms with Crippen LogP contribution < -0.4 is 10.2 Å². The first-order chi connectivity index (χ1) is 16.9. The maximum absolute atomic E-state index is 13.7. The second-order valence-corrected chi connectivity index (χ2v) is 8.47. The van der Waals surface area contributed by atoms with Gasteiger partial charge in [-0.2, -0.15) is 18.2 Å². The van der Waals surface area contributed by atoms with Crippen LogP contribution in [0.25, 0.3) is 11.4 Å². The minimum atomic E-state index is -4.86. The average Bonchev–Trinajstić information content (AvgIpc) is 3.41. The fraction of sp³-hybridized carbons (Fsp3) is 0.348. The standard InChI is InChI=1S/C23H23F4N7O2/c1-13(35)33-8-6-14-10-15(12-28-20(14)33)21-30-22(31-34(21)9-7-19(36)32(2)3)29-16-4-5-18(24)17(11-16)23(25,26)27/h4-5,10-12H,6-9H2,1-3H3,(H,29,31). The quantitative estimate of drug-likeness (QED) is 0.514. The highest BCUT2D eigenvalue weighted by Gasteiger charge is 2.34. The highest BCUT2D eigenvalue weighted by Crippen LogP contribution is 2.34. The molecule has 3 heterocycles. The Hall–Kier alpha value is -4.03. The lowest BCUT2D eigenvalue weighted by Crippen LogP contribution is -2.26. The van der Waals surface area contributed by atoms with E-state index >= 15 is 0 Å². The van der Waals surface area contributed by atoms with Crippen molar-refractivity contribution in [3.05, 3.63) is 47.4 Å². The number of fused-ring (bicyclic) bond motifs is 1. The van der Waals surface area contributed by atoms with E-state index in [0.29, 0.717) is 42.3 Å². The summed E-state index contributed by atoms with van der Waals surface area (Å²) >= 11 is 0. The highest BCUT2D eigenvalue weighted by atomic mass is 19.4. The van der Waals surface area contributed by atoms with Gasteiger partial charge in [0.25, 0.3) is 0 Å². The zero-order valence-electron chi connectivity index (χ0n) is 19.7. The van der Waals surface area contributed by atoms with Crippen LogP contribution in [0, 0.1) is 5.82 Å². The molecule has 0 unspecified atom stereocenters. The normalized spacial score (nSPS) is 13.0. The number of anilines is 3. The number of carbonyl (C=O) groups excluding carboxylic acids is 2. The molecule has 0 spiro atoms. The van der Waals surface area contributed by atoms with E-state index in [2.05, 4.69) is 20.4 Å². The summed E-state index contributed by atoms with van der Waals surface area (Å²) in [5, 5.41) is 7.00. The van der Waals surface area contributed by atoms with Crippen molar-refractivity contribution in [1.82, 2.24) is 24.6 Å². The van der Waals surface area contributed by atoms with Gasteiger partial charge in [-0.05, 0) is 36.2 Å². The number of benzene rings is 1. The number of alkyl halides is 3. The molecule has 190 valence electrons. The number of nitrogens with one attached hydrogen (secondary N) is 1. The van der Waals surface area contributed by atoms with Gasteiger partial charge in [-0.1, -0.05) is 0 Å². The Labute approximate surface area is 203 Å². The second-order valence-electron chi connectivity index (χ2n) is 8.47. The van der Waals surface area contributed by atoms with E-state index in [-0.39, 0.29) is 36.4 Å². The third kappa shape index (κ3) is 5.14. The largest absolute Gasteiger partial charge is 0.419 e. The number of hydrogen-bond donors (Lipinski definition) is 1. The van der Waals surface area contributed by atoms with Crippen molar-refractivity contribution in [2.45, 2.75) is 32.5 Å². The number of nitrogens with zero attached hydrogens (tertiary/aromatic N) is 6. The van der Waals surface area contributed by atoms with Crippen LogP contribution in [0.4, 0.5) is 35.0 Å². The molecule has 9 nitrogen and oxygen atoms in total. The molecule has 2 amide bonds. The van der Waals surface area contributed by atoms with Crippen LogP contribution in [0.2, 0.25) is 0 Å². The first-order valence-corrected chi connectivity index (χ1v) is 11.0. The van der Waals surface area contributed by atoms with Crippen molar-refractivity contribution < 1.29 is 27.2 Å². The van der Waals surface area contributed by atoms with E-state index in [0.717, 1.165) is 11.6 Å². The van der Waals surface area contributed by atoms with Crippen LogP contribution in [0.3, 0.4) is 0 Å². The number of aryl methyl sites for hydroxylation is 1. The van der Waals surface area contributed by atoms with Gasteiger partial charge in [-0.3, -0.25) is 14.5 Å². The summed E-state index contributed by atoms with van der Waals surface area (Å²) in [5.74, 6) is -0.804. The van der Waals surface area contributed by atoms with Crippen molar-refractivity contribution in [1.29, 1.82) is 0 Å². The molecule has 1 aromatic carbocycles. The number of halogens is 4.